The number of hydrogen-bond acceptors (Lipinski definition) is 4. The van der Waals surface area contributed by atoms with Crippen LogP contribution < -0.4 is 5.32 Å². The second-order valence-electron chi connectivity index (χ2n) is 3.83. The highest BCUT2D eigenvalue weighted by atomic mass is 32.1. The van der Waals surface area contributed by atoms with E-state index < -0.39 is 12.6 Å². The van der Waals surface area contributed by atoms with Crippen LogP contribution in [0.25, 0.3) is 0 Å². The molecule has 0 aliphatic heterocycles. The smallest absolute Gasteiger partial charge is 0.309 e. The van der Waals surface area contributed by atoms with Gasteiger partial charge in [-0.15, -0.1) is 5.10 Å². The molecule has 0 saturated heterocycles. The second kappa shape index (κ2) is 6.90. The summed E-state index contributed by atoms with van der Waals surface area (Å²) in [7, 11) is 0. The minimum absolute atomic E-state index is 0.0581. The first kappa shape index (κ1) is 14.4. The quantitative estimate of drug-likeness (QED) is 0.823. The van der Waals surface area contributed by atoms with Crippen LogP contribution >= 0.6 is 11.5 Å². The van der Waals surface area contributed by atoms with Gasteiger partial charge in [0.15, 0.2) is 0 Å². The second-order valence-corrected chi connectivity index (χ2v) is 4.65. The van der Waals surface area contributed by atoms with Gasteiger partial charge >= 0.3 is 6.18 Å². The third-order valence-electron chi connectivity index (χ3n) is 2.32. The van der Waals surface area contributed by atoms with Crippen molar-refractivity contribution in [3.63, 3.8) is 0 Å². The molecule has 0 radical (unpaired) electrons. The molecule has 1 aromatic rings. The topological polar surface area (TPSA) is 37.8 Å². The first-order valence-electron chi connectivity index (χ1n) is 5.60. The predicted molar refractivity (Wildman–Crippen MR) is 60.8 cm³/mol. The summed E-state index contributed by atoms with van der Waals surface area (Å²) in [5.41, 5.74) is 0. The van der Waals surface area contributed by atoms with E-state index in [9.17, 15) is 13.2 Å². The Morgan fingerprint density at radius 2 is 2.24 bits per heavy atom. The Balaban J connectivity index is 2.42. The number of nitrogens with one attached hydrogen (secondary N) is 1. The van der Waals surface area contributed by atoms with Gasteiger partial charge < -0.3 is 5.32 Å². The molecule has 1 atom stereocenters. The van der Waals surface area contributed by atoms with Crippen molar-refractivity contribution in [2.75, 3.05) is 6.54 Å². The van der Waals surface area contributed by atoms with Crippen molar-refractivity contribution in [1.82, 2.24) is 14.9 Å². The van der Waals surface area contributed by atoms with Crippen LogP contribution in [0.1, 0.15) is 43.5 Å². The van der Waals surface area contributed by atoms with Crippen molar-refractivity contribution in [2.24, 2.45) is 0 Å². The van der Waals surface area contributed by atoms with Crippen LogP contribution in [0.2, 0.25) is 0 Å². The van der Waals surface area contributed by atoms with Crippen molar-refractivity contribution in [3.05, 3.63) is 11.1 Å². The van der Waals surface area contributed by atoms with E-state index in [2.05, 4.69) is 14.9 Å². The molecule has 0 aliphatic rings. The van der Waals surface area contributed by atoms with Crippen LogP contribution in [0, 0.1) is 0 Å². The summed E-state index contributed by atoms with van der Waals surface area (Å²) in [4.78, 5) is 0.903. The Labute approximate surface area is 103 Å². The Morgan fingerprint density at radius 1 is 1.47 bits per heavy atom. The Morgan fingerprint density at radius 3 is 2.76 bits per heavy atom. The van der Waals surface area contributed by atoms with Crippen LogP contribution in [-0.2, 0) is 0 Å². The maximum Gasteiger partial charge on any atom is 0.389 e. The molecule has 0 spiro atoms. The molecule has 1 N–H and O–H groups in total. The Kier molecular flexibility index (Phi) is 5.84. The van der Waals surface area contributed by atoms with Gasteiger partial charge in [0.2, 0.25) is 0 Å². The Bertz CT molecular complexity index is 300. The fourth-order valence-corrected chi connectivity index (χ4v) is 2.11. The lowest BCUT2D eigenvalue weighted by Crippen LogP contribution is -2.22. The molecule has 3 nitrogen and oxygen atoms in total. The van der Waals surface area contributed by atoms with Gasteiger partial charge in [0.1, 0.15) is 0 Å². The van der Waals surface area contributed by atoms with Crippen molar-refractivity contribution >= 4 is 11.5 Å². The monoisotopic (exact) mass is 267 g/mol. The molecule has 17 heavy (non-hydrogen) atoms. The standard InChI is InChI=1S/C10H16F3N3S/c1-2-6-14-8(9-7-15-16-17-9)4-3-5-10(11,12)13/h7-8,14H,2-6H2,1H3. The van der Waals surface area contributed by atoms with Crippen LogP contribution in [0.4, 0.5) is 13.2 Å². The molecule has 7 heteroatoms. The predicted octanol–water partition coefficient (Wildman–Crippen LogP) is 3.31. The van der Waals surface area contributed by atoms with Gasteiger partial charge in [0, 0.05) is 12.5 Å². The van der Waals surface area contributed by atoms with E-state index in [0.717, 1.165) is 17.8 Å². The molecular weight excluding hydrogens is 251 g/mol. The molecule has 0 bridgehead atoms. The maximum atomic E-state index is 12.1. The highest BCUT2D eigenvalue weighted by molar-refractivity contribution is 7.05. The molecule has 0 amide bonds. The van der Waals surface area contributed by atoms with E-state index in [-0.39, 0.29) is 12.5 Å². The van der Waals surface area contributed by atoms with Crippen LogP contribution in [0.5, 0.6) is 0 Å². The molecule has 1 heterocycles. The zero-order valence-corrected chi connectivity index (χ0v) is 10.4. The number of aromatic nitrogens is 2. The van der Waals surface area contributed by atoms with E-state index in [4.69, 9.17) is 0 Å². The summed E-state index contributed by atoms with van der Waals surface area (Å²) in [6.45, 7) is 2.80. The van der Waals surface area contributed by atoms with Gasteiger partial charge in [0.05, 0.1) is 11.1 Å². The van der Waals surface area contributed by atoms with E-state index in [1.54, 1.807) is 6.20 Å². The summed E-state index contributed by atoms with van der Waals surface area (Å²) < 4.78 is 39.9. The molecule has 0 aromatic carbocycles. The number of nitrogens with zero attached hydrogens (tertiary/aromatic N) is 2. The zero-order valence-electron chi connectivity index (χ0n) is 9.63. The molecule has 1 unspecified atom stereocenters. The zero-order chi connectivity index (χ0) is 12.7. The number of hydrogen-bond donors (Lipinski definition) is 1. The average Bonchev–Trinajstić information content (AvgIpc) is 2.74. The summed E-state index contributed by atoms with van der Waals surface area (Å²) in [6.07, 6.45) is -1.65. The van der Waals surface area contributed by atoms with Gasteiger partial charge in [-0.05, 0) is 37.3 Å². The highest BCUT2D eigenvalue weighted by Gasteiger charge is 2.27. The molecule has 1 rings (SSSR count). The van der Waals surface area contributed by atoms with Crippen molar-refractivity contribution < 1.29 is 13.2 Å². The molecule has 1 aromatic heterocycles. The van der Waals surface area contributed by atoms with E-state index in [0.29, 0.717) is 6.42 Å². The molecule has 0 saturated carbocycles. The van der Waals surface area contributed by atoms with Gasteiger partial charge in [-0.2, -0.15) is 13.2 Å². The van der Waals surface area contributed by atoms with Gasteiger partial charge in [-0.1, -0.05) is 11.4 Å². The molecule has 98 valence electrons. The first-order chi connectivity index (χ1) is 8.03. The summed E-state index contributed by atoms with van der Waals surface area (Å²) in [6, 6.07) is -0.0581. The van der Waals surface area contributed by atoms with Crippen molar-refractivity contribution in [2.45, 2.75) is 44.8 Å². The third-order valence-corrected chi connectivity index (χ3v) is 3.09. The highest BCUT2D eigenvalue weighted by Crippen LogP contribution is 2.27. The molecule has 0 aliphatic carbocycles. The normalized spacial score (nSPS) is 13.9. The van der Waals surface area contributed by atoms with Crippen molar-refractivity contribution in [1.29, 1.82) is 0 Å². The van der Waals surface area contributed by atoms with Crippen LogP contribution in [-0.4, -0.2) is 22.3 Å². The summed E-state index contributed by atoms with van der Waals surface area (Å²) >= 11 is 1.23. The van der Waals surface area contributed by atoms with Gasteiger partial charge in [0.25, 0.3) is 0 Å². The van der Waals surface area contributed by atoms with Gasteiger partial charge in [-0.25, -0.2) is 0 Å². The fourth-order valence-electron chi connectivity index (χ4n) is 1.50. The fraction of sp³-hybridized carbons (Fsp3) is 0.800. The van der Waals surface area contributed by atoms with Gasteiger partial charge in [-0.3, -0.25) is 0 Å². The minimum Gasteiger partial charge on any atom is -0.309 e. The lowest BCUT2D eigenvalue weighted by Gasteiger charge is -2.16. The van der Waals surface area contributed by atoms with E-state index in [1.165, 1.54) is 11.5 Å². The summed E-state index contributed by atoms with van der Waals surface area (Å²) in [5.74, 6) is 0. The first-order valence-corrected chi connectivity index (χ1v) is 6.37. The average molecular weight is 267 g/mol. The number of rotatable bonds is 7. The minimum atomic E-state index is -4.07. The van der Waals surface area contributed by atoms with Crippen molar-refractivity contribution in [3.8, 4) is 0 Å². The largest absolute Gasteiger partial charge is 0.389 e. The lowest BCUT2D eigenvalue weighted by molar-refractivity contribution is -0.135. The lowest BCUT2D eigenvalue weighted by atomic mass is 10.1. The molecular formula is C10H16F3N3S. The molecule has 0 fully saturated rings. The summed E-state index contributed by atoms with van der Waals surface area (Å²) in [5, 5.41) is 6.94. The van der Waals surface area contributed by atoms with Crippen LogP contribution in [0.15, 0.2) is 6.20 Å². The Hall–Kier alpha value is -0.690. The third kappa shape index (κ3) is 5.97. The number of alkyl halides is 3. The van der Waals surface area contributed by atoms with Crippen LogP contribution in [0.3, 0.4) is 0 Å². The number of halogens is 3. The van der Waals surface area contributed by atoms with E-state index >= 15 is 0 Å². The SMILES string of the molecule is CCCNC(CCCC(F)(F)F)c1cnns1. The maximum absolute atomic E-state index is 12.1. The van der Waals surface area contributed by atoms with E-state index in [1.807, 2.05) is 6.92 Å².